The molecule has 0 amide bonds. The Bertz CT molecular complexity index is 902. The molecule has 0 saturated carbocycles. The highest BCUT2D eigenvalue weighted by molar-refractivity contribution is 6.07. The van der Waals surface area contributed by atoms with E-state index in [-0.39, 0.29) is 6.04 Å². The number of nitrogens with zero attached hydrogens (tertiary/aromatic N) is 2. The van der Waals surface area contributed by atoms with E-state index >= 15 is 0 Å². The van der Waals surface area contributed by atoms with Crippen LogP contribution in [0.15, 0.2) is 76.0 Å². The summed E-state index contributed by atoms with van der Waals surface area (Å²) >= 11 is 0. The third-order valence-electron chi connectivity index (χ3n) is 4.62. The Balaban J connectivity index is 1.53. The molecule has 0 fully saturated rings. The van der Waals surface area contributed by atoms with Gasteiger partial charge in [0, 0.05) is 35.6 Å². The molecule has 0 saturated heterocycles. The lowest BCUT2D eigenvalue weighted by Gasteiger charge is -2.10. The molecular weight excluding hydrogens is 296 g/mol. The quantitative estimate of drug-likeness (QED) is 0.759. The van der Waals surface area contributed by atoms with Crippen LogP contribution in [0.4, 0.5) is 0 Å². The first-order valence-corrected chi connectivity index (χ1v) is 8.38. The van der Waals surface area contributed by atoms with Gasteiger partial charge in [0.05, 0.1) is 23.5 Å². The summed E-state index contributed by atoms with van der Waals surface area (Å²) in [5, 5.41) is 3.55. The summed E-state index contributed by atoms with van der Waals surface area (Å²) in [6, 6.07) is 4.78. The highest BCUT2D eigenvalue weighted by Crippen LogP contribution is 2.20. The van der Waals surface area contributed by atoms with Gasteiger partial charge in [-0.15, -0.1) is 0 Å². The van der Waals surface area contributed by atoms with Crippen molar-refractivity contribution in [2.45, 2.75) is 24.9 Å². The number of rotatable bonds is 0. The lowest BCUT2D eigenvalue weighted by molar-refractivity contribution is 0.694. The van der Waals surface area contributed by atoms with Crippen LogP contribution in [-0.4, -0.2) is 28.5 Å². The molecule has 5 rings (SSSR count). The maximum absolute atomic E-state index is 4.78. The van der Waals surface area contributed by atoms with Crippen molar-refractivity contribution < 1.29 is 0 Å². The highest BCUT2D eigenvalue weighted by Gasteiger charge is 2.17. The molecule has 0 aliphatic carbocycles. The Morgan fingerprint density at radius 1 is 0.958 bits per heavy atom. The van der Waals surface area contributed by atoms with Crippen LogP contribution >= 0.6 is 0 Å². The third kappa shape index (κ3) is 2.60. The van der Waals surface area contributed by atoms with Gasteiger partial charge in [0.1, 0.15) is 0 Å². The second kappa shape index (κ2) is 5.34. The Morgan fingerprint density at radius 2 is 1.96 bits per heavy atom. The Hall–Kier alpha value is -2.88. The third-order valence-corrected chi connectivity index (χ3v) is 4.62. The highest BCUT2D eigenvalue weighted by atomic mass is 14.9. The van der Waals surface area contributed by atoms with Crippen molar-refractivity contribution in [2.75, 3.05) is 0 Å². The lowest BCUT2D eigenvalue weighted by Crippen LogP contribution is -2.23. The average molecular weight is 314 g/mol. The summed E-state index contributed by atoms with van der Waals surface area (Å²) < 4.78 is 0. The van der Waals surface area contributed by atoms with Gasteiger partial charge >= 0.3 is 0 Å². The minimum absolute atomic E-state index is 0.186. The molecule has 2 N–H and O–H groups in total. The van der Waals surface area contributed by atoms with Crippen molar-refractivity contribution >= 4 is 17.5 Å². The SMILES string of the molecule is C1=CC2Cc3ccc([nH]3)/C=C3/C=CC(=N3)CC3C=CC(=N3)C=C1N2. The van der Waals surface area contributed by atoms with Gasteiger partial charge in [0.15, 0.2) is 0 Å². The van der Waals surface area contributed by atoms with E-state index in [0.717, 1.165) is 41.4 Å². The van der Waals surface area contributed by atoms with Gasteiger partial charge in [-0.2, -0.15) is 0 Å². The number of hydrogen-bond acceptors (Lipinski definition) is 3. The van der Waals surface area contributed by atoms with Crippen LogP contribution in [0.1, 0.15) is 17.8 Å². The van der Waals surface area contributed by atoms with Gasteiger partial charge in [-0.25, -0.2) is 0 Å². The first kappa shape index (κ1) is 13.5. The average Bonchev–Trinajstić information content (AvgIpc) is 3.32. The smallest absolute Gasteiger partial charge is 0.0746 e. The summed E-state index contributed by atoms with van der Waals surface area (Å²) in [7, 11) is 0. The van der Waals surface area contributed by atoms with Gasteiger partial charge in [-0.1, -0.05) is 12.2 Å². The summed E-state index contributed by atoms with van der Waals surface area (Å²) in [4.78, 5) is 13.0. The molecule has 4 aliphatic rings. The molecule has 5 heterocycles. The fraction of sp³-hybridized carbons (Fsp3) is 0.200. The molecule has 2 atom stereocenters. The molecule has 118 valence electrons. The van der Waals surface area contributed by atoms with Gasteiger partial charge in [0.25, 0.3) is 0 Å². The van der Waals surface area contributed by atoms with Gasteiger partial charge in [-0.05, 0) is 48.6 Å². The number of aromatic amines is 1. The van der Waals surface area contributed by atoms with E-state index in [0.29, 0.717) is 6.04 Å². The van der Waals surface area contributed by atoms with Crippen molar-refractivity contribution in [3.63, 3.8) is 0 Å². The molecule has 4 nitrogen and oxygen atoms in total. The van der Waals surface area contributed by atoms with Crippen LogP contribution in [0.5, 0.6) is 0 Å². The number of H-pyrrole nitrogens is 1. The first-order valence-electron chi connectivity index (χ1n) is 8.38. The number of fused-ring (bicyclic) bond motifs is 6. The van der Waals surface area contributed by atoms with Crippen molar-refractivity contribution in [3.8, 4) is 0 Å². The number of aliphatic imine (C=N–C) groups is 2. The second-order valence-electron chi connectivity index (χ2n) is 6.54. The fourth-order valence-electron chi connectivity index (χ4n) is 3.47. The molecule has 0 aromatic carbocycles. The van der Waals surface area contributed by atoms with E-state index in [2.05, 4.69) is 71.0 Å². The van der Waals surface area contributed by atoms with E-state index in [9.17, 15) is 0 Å². The summed E-state index contributed by atoms with van der Waals surface area (Å²) in [6.07, 6.45) is 18.8. The summed E-state index contributed by atoms with van der Waals surface area (Å²) in [5.41, 5.74) is 6.56. The van der Waals surface area contributed by atoms with E-state index in [1.165, 1.54) is 5.69 Å². The second-order valence-corrected chi connectivity index (χ2v) is 6.54. The van der Waals surface area contributed by atoms with Gasteiger partial charge in [-0.3, -0.25) is 9.98 Å². The molecule has 4 aliphatic heterocycles. The standard InChI is InChI=1S/C20H18N4/c1-2-14-10-16-5-6-18(23-16)12-20-8-7-19(24-20)11-17-4-3-15(22-17)9-13(1)21-14/h1-9,12,14,17,21,23H,10-11H2/b13-9?,20-12-. The Kier molecular flexibility index (Phi) is 3.01. The molecule has 2 unspecified atom stereocenters. The summed E-state index contributed by atoms with van der Waals surface area (Å²) in [6.45, 7) is 0. The van der Waals surface area contributed by atoms with Crippen LogP contribution in [0.25, 0.3) is 6.08 Å². The largest absolute Gasteiger partial charge is 0.378 e. The number of hydrogen-bond donors (Lipinski definition) is 2. The zero-order chi connectivity index (χ0) is 15.9. The predicted molar refractivity (Wildman–Crippen MR) is 98.2 cm³/mol. The first-order chi connectivity index (χ1) is 11.8. The number of aromatic nitrogens is 1. The fourth-order valence-corrected chi connectivity index (χ4v) is 3.47. The van der Waals surface area contributed by atoms with Crippen LogP contribution in [-0.2, 0) is 6.42 Å². The topological polar surface area (TPSA) is 52.5 Å². The monoisotopic (exact) mass is 314 g/mol. The predicted octanol–water partition coefficient (Wildman–Crippen LogP) is 3.10. The molecule has 0 radical (unpaired) electrons. The van der Waals surface area contributed by atoms with Crippen molar-refractivity contribution in [1.82, 2.24) is 10.3 Å². The normalized spacial score (nSPS) is 29.0. The number of nitrogens with one attached hydrogen (secondary N) is 2. The molecule has 24 heavy (non-hydrogen) atoms. The van der Waals surface area contributed by atoms with Crippen LogP contribution in [0.3, 0.4) is 0 Å². The van der Waals surface area contributed by atoms with E-state index in [1.807, 2.05) is 0 Å². The zero-order valence-corrected chi connectivity index (χ0v) is 13.2. The van der Waals surface area contributed by atoms with E-state index < -0.39 is 0 Å². The maximum Gasteiger partial charge on any atom is 0.0746 e. The molecular formula is C20H18N4. The molecule has 4 heteroatoms. The van der Waals surface area contributed by atoms with Crippen LogP contribution < -0.4 is 5.32 Å². The zero-order valence-electron chi connectivity index (χ0n) is 13.2. The molecule has 1 aromatic heterocycles. The Morgan fingerprint density at radius 3 is 2.96 bits per heavy atom. The van der Waals surface area contributed by atoms with Gasteiger partial charge in [0.2, 0.25) is 0 Å². The van der Waals surface area contributed by atoms with E-state index in [1.54, 1.807) is 0 Å². The van der Waals surface area contributed by atoms with Crippen molar-refractivity contribution in [1.29, 1.82) is 0 Å². The number of allylic oxidation sites excluding steroid dienone is 5. The van der Waals surface area contributed by atoms with Crippen LogP contribution in [0, 0.1) is 0 Å². The summed E-state index contributed by atoms with van der Waals surface area (Å²) in [5.74, 6) is 0. The molecule has 0 spiro atoms. The maximum atomic E-state index is 4.78. The Labute approximate surface area is 140 Å². The van der Waals surface area contributed by atoms with Crippen LogP contribution in [0.2, 0.25) is 0 Å². The molecule has 8 bridgehead atoms. The van der Waals surface area contributed by atoms with Gasteiger partial charge < -0.3 is 10.3 Å². The lowest BCUT2D eigenvalue weighted by atomic mass is 10.1. The minimum atomic E-state index is 0.186. The van der Waals surface area contributed by atoms with Crippen molar-refractivity contribution in [3.05, 3.63) is 77.4 Å². The molecule has 1 aromatic rings. The van der Waals surface area contributed by atoms with E-state index in [4.69, 9.17) is 9.98 Å². The minimum Gasteiger partial charge on any atom is -0.378 e. The van der Waals surface area contributed by atoms with Crippen molar-refractivity contribution in [2.24, 2.45) is 9.98 Å².